The Morgan fingerprint density at radius 1 is 1.11 bits per heavy atom. The summed E-state index contributed by atoms with van der Waals surface area (Å²) >= 11 is 0. The molecule has 4 rings (SSSR count). The zero-order valence-corrected chi connectivity index (χ0v) is 26.6. The molecule has 0 fully saturated rings. The maximum atomic E-state index is 14.0. The molecule has 0 bridgehead atoms. The highest BCUT2D eigenvalue weighted by molar-refractivity contribution is 5.82. The Kier molecular flexibility index (Phi) is 10.3. The summed E-state index contributed by atoms with van der Waals surface area (Å²) in [6, 6.07) is 5.54. The number of halogens is 3. The van der Waals surface area contributed by atoms with Gasteiger partial charge in [0.25, 0.3) is 11.3 Å². The number of aliphatic carboxylic acids is 1. The second-order valence-corrected chi connectivity index (χ2v) is 12.1. The van der Waals surface area contributed by atoms with E-state index in [1.807, 2.05) is 45.9 Å². The van der Waals surface area contributed by atoms with E-state index in [1.165, 1.54) is 10.8 Å². The molecule has 1 amide bonds. The van der Waals surface area contributed by atoms with Crippen molar-refractivity contribution in [2.45, 2.75) is 65.2 Å². The van der Waals surface area contributed by atoms with E-state index in [1.54, 1.807) is 25.1 Å². The predicted octanol–water partition coefficient (Wildman–Crippen LogP) is 4.61. The van der Waals surface area contributed by atoms with Gasteiger partial charge >= 0.3 is 12.1 Å². The number of hydrogen-bond acceptors (Lipinski definition) is 7. The summed E-state index contributed by atoms with van der Waals surface area (Å²) in [4.78, 5) is 49.6. The summed E-state index contributed by atoms with van der Waals surface area (Å²) in [7, 11) is 3.44. The number of hydrogen-bond donors (Lipinski definition) is 2. The molecule has 3 aromatic heterocycles. The highest BCUT2D eigenvalue weighted by Gasteiger charge is 2.36. The van der Waals surface area contributed by atoms with Crippen LogP contribution in [0.3, 0.4) is 0 Å². The van der Waals surface area contributed by atoms with Gasteiger partial charge in [-0.15, -0.1) is 0 Å². The third kappa shape index (κ3) is 7.79. The van der Waals surface area contributed by atoms with Crippen molar-refractivity contribution in [3.8, 4) is 11.3 Å². The van der Waals surface area contributed by atoms with Gasteiger partial charge in [-0.05, 0) is 69.5 Å². The number of carboxylic acids is 1. The van der Waals surface area contributed by atoms with E-state index in [0.29, 0.717) is 11.8 Å². The first-order valence-corrected chi connectivity index (χ1v) is 14.8. The number of pyridine rings is 1. The van der Waals surface area contributed by atoms with Crippen LogP contribution in [0.15, 0.2) is 47.7 Å². The van der Waals surface area contributed by atoms with Crippen LogP contribution in [0, 0.1) is 19.8 Å². The van der Waals surface area contributed by atoms with Crippen molar-refractivity contribution in [3.05, 3.63) is 81.2 Å². The Bertz CT molecular complexity index is 1780. The fourth-order valence-corrected chi connectivity index (χ4v) is 5.51. The van der Waals surface area contributed by atoms with Crippen molar-refractivity contribution in [1.29, 1.82) is 0 Å². The van der Waals surface area contributed by atoms with Crippen LogP contribution in [0.25, 0.3) is 17.0 Å². The molecular formula is C32H38F3N7O4. The number of fused-ring (bicyclic) bond motifs is 1. The second kappa shape index (κ2) is 13.8. The summed E-state index contributed by atoms with van der Waals surface area (Å²) < 4.78 is 44.3. The highest BCUT2D eigenvalue weighted by Crippen LogP contribution is 2.33. The second-order valence-electron chi connectivity index (χ2n) is 12.1. The van der Waals surface area contributed by atoms with Crippen LogP contribution in [0.1, 0.15) is 66.7 Å². The van der Waals surface area contributed by atoms with E-state index in [4.69, 9.17) is 0 Å². The first-order valence-electron chi connectivity index (χ1n) is 14.8. The van der Waals surface area contributed by atoms with Crippen molar-refractivity contribution < 1.29 is 27.9 Å². The average Bonchev–Trinajstić information content (AvgIpc) is 3.43. The van der Waals surface area contributed by atoms with Crippen molar-refractivity contribution in [2.24, 2.45) is 5.92 Å². The molecule has 0 aliphatic heterocycles. The molecule has 11 nitrogen and oxygen atoms in total. The zero-order valence-electron chi connectivity index (χ0n) is 26.6. The monoisotopic (exact) mass is 641 g/mol. The molecule has 0 aliphatic rings. The van der Waals surface area contributed by atoms with Gasteiger partial charge in [0.15, 0.2) is 0 Å². The van der Waals surface area contributed by atoms with E-state index < -0.39 is 47.7 Å². The lowest BCUT2D eigenvalue weighted by molar-refractivity contribution is -0.139. The van der Waals surface area contributed by atoms with Gasteiger partial charge in [0.2, 0.25) is 5.91 Å². The number of alkyl halides is 3. The molecule has 0 spiro atoms. The number of carbonyl (C=O) groups is 2. The van der Waals surface area contributed by atoms with Gasteiger partial charge in [0.1, 0.15) is 12.4 Å². The minimum atomic E-state index is -4.76. The van der Waals surface area contributed by atoms with Crippen LogP contribution in [0.4, 0.5) is 13.2 Å². The molecular weight excluding hydrogens is 603 g/mol. The van der Waals surface area contributed by atoms with Gasteiger partial charge in [-0.1, -0.05) is 32.0 Å². The number of benzene rings is 1. The average molecular weight is 642 g/mol. The Labute approximate surface area is 264 Å². The first-order chi connectivity index (χ1) is 21.6. The molecule has 0 aliphatic carbocycles. The van der Waals surface area contributed by atoms with Crippen LogP contribution in [-0.4, -0.2) is 66.7 Å². The molecule has 246 valence electrons. The lowest BCUT2D eigenvalue weighted by Gasteiger charge is -2.26. The van der Waals surface area contributed by atoms with Crippen molar-refractivity contribution >= 4 is 17.7 Å². The van der Waals surface area contributed by atoms with Crippen LogP contribution in [0.5, 0.6) is 0 Å². The minimum Gasteiger partial charge on any atom is -0.481 e. The van der Waals surface area contributed by atoms with Crippen LogP contribution in [0.2, 0.25) is 0 Å². The quantitative estimate of drug-likeness (QED) is 0.229. The van der Waals surface area contributed by atoms with Crippen molar-refractivity contribution in [2.75, 3.05) is 20.6 Å². The molecule has 2 atom stereocenters. The van der Waals surface area contributed by atoms with Crippen LogP contribution >= 0.6 is 0 Å². The Hall–Kier alpha value is -4.59. The number of likely N-dealkylation sites (N-methyl/N-ethyl adjacent to an activating group) is 1. The topological polar surface area (TPSA) is 135 Å². The van der Waals surface area contributed by atoms with E-state index >= 15 is 0 Å². The molecule has 1 aromatic carbocycles. The summed E-state index contributed by atoms with van der Waals surface area (Å²) in [6.45, 7) is 7.76. The predicted molar refractivity (Wildman–Crippen MR) is 165 cm³/mol. The maximum Gasteiger partial charge on any atom is 0.416 e. The molecule has 46 heavy (non-hydrogen) atoms. The Balaban J connectivity index is 1.81. The molecule has 3 heterocycles. The smallest absolute Gasteiger partial charge is 0.416 e. The minimum absolute atomic E-state index is 0.0108. The third-order valence-electron chi connectivity index (χ3n) is 7.69. The number of carboxylic acid groups (broad SMARTS) is 1. The van der Waals surface area contributed by atoms with Crippen molar-refractivity contribution in [1.82, 2.24) is 34.4 Å². The number of nitrogens with zero attached hydrogens (tertiary/aromatic N) is 6. The van der Waals surface area contributed by atoms with E-state index in [0.717, 1.165) is 27.5 Å². The van der Waals surface area contributed by atoms with E-state index in [-0.39, 0.29) is 42.3 Å². The van der Waals surface area contributed by atoms with Crippen LogP contribution in [-0.2, 0) is 22.2 Å². The SMILES string of the molecule is Cc1cccc(C)c1-c1cc([C@@H](CC(=O)O)NC(=O)[C@H](CC(C)C)n2cc(CCN(C)C)c(C(F)(F)F)cc2=O)nc2ncnn12. The van der Waals surface area contributed by atoms with Gasteiger partial charge in [-0.2, -0.15) is 27.8 Å². The fraction of sp³-hybridized carbons (Fsp3) is 0.438. The van der Waals surface area contributed by atoms with Crippen LogP contribution < -0.4 is 10.9 Å². The van der Waals surface area contributed by atoms with Gasteiger partial charge in [0, 0.05) is 24.4 Å². The molecule has 14 heteroatoms. The zero-order chi connectivity index (χ0) is 33.9. The fourth-order valence-electron chi connectivity index (χ4n) is 5.51. The lowest BCUT2D eigenvalue weighted by atomic mass is 9.97. The van der Waals surface area contributed by atoms with E-state index in [9.17, 15) is 32.7 Å². The first kappa shape index (κ1) is 34.3. The number of nitrogens with one attached hydrogen (secondary N) is 1. The normalized spacial score (nSPS) is 13.4. The van der Waals surface area contributed by atoms with Gasteiger partial charge in [0.05, 0.1) is 29.4 Å². The van der Waals surface area contributed by atoms with Gasteiger partial charge in [-0.3, -0.25) is 14.4 Å². The number of amides is 1. The number of rotatable bonds is 12. The summed E-state index contributed by atoms with van der Waals surface area (Å²) in [5.74, 6) is -1.91. The molecule has 0 unspecified atom stereocenters. The van der Waals surface area contributed by atoms with Gasteiger partial charge < -0.3 is 19.9 Å². The molecule has 0 saturated carbocycles. The third-order valence-corrected chi connectivity index (χ3v) is 7.69. The van der Waals surface area contributed by atoms with Gasteiger partial charge in [-0.25, -0.2) is 4.98 Å². The Morgan fingerprint density at radius 2 is 1.78 bits per heavy atom. The maximum absolute atomic E-state index is 14.0. The van der Waals surface area contributed by atoms with Crippen molar-refractivity contribution in [3.63, 3.8) is 0 Å². The Morgan fingerprint density at radius 3 is 2.37 bits per heavy atom. The lowest BCUT2D eigenvalue weighted by Crippen LogP contribution is -2.41. The molecule has 0 saturated heterocycles. The standard InChI is InChI=1S/C32H38F3N7O4/c1-18(2)12-26(41-16-21(10-11-40(5)6)22(13-27(41)43)32(33,34)35)30(46)38-24(15-28(44)45)23-14-25(42-31(39-23)36-17-37-42)29-19(3)8-7-9-20(29)4/h7-9,13-14,16-18,24,26H,10-12,15H2,1-6H3,(H,38,46)(H,44,45)/t24-,26+/m1/s1. The summed E-state index contributed by atoms with van der Waals surface area (Å²) in [6.07, 6.45) is -2.80. The molecule has 0 radical (unpaired) electrons. The number of aromatic nitrogens is 5. The largest absolute Gasteiger partial charge is 0.481 e. The molecule has 2 N–H and O–H groups in total. The summed E-state index contributed by atoms with van der Waals surface area (Å²) in [5, 5.41) is 16.9. The number of aryl methyl sites for hydroxylation is 2. The molecule has 4 aromatic rings. The summed E-state index contributed by atoms with van der Waals surface area (Å²) in [5.41, 5.74) is 1.31. The van der Waals surface area contributed by atoms with E-state index in [2.05, 4.69) is 20.4 Å². The number of carbonyl (C=O) groups excluding carboxylic acids is 1. The highest BCUT2D eigenvalue weighted by atomic mass is 19.4.